The Morgan fingerprint density at radius 1 is 1.19 bits per heavy atom. The Kier molecular flexibility index (Phi) is 8.85. The predicted molar refractivity (Wildman–Crippen MR) is 141 cm³/mol. The third kappa shape index (κ3) is 6.17. The molecule has 1 heterocycles. The van der Waals surface area contributed by atoms with Gasteiger partial charge in [0.25, 0.3) is 0 Å². The van der Waals surface area contributed by atoms with E-state index in [0.29, 0.717) is 36.2 Å². The molecule has 6 nitrogen and oxygen atoms in total. The van der Waals surface area contributed by atoms with Gasteiger partial charge in [-0.05, 0) is 82.2 Å². The van der Waals surface area contributed by atoms with E-state index in [1.165, 1.54) is 12.1 Å². The van der Waals surface area contributed by atoms with E-state index in [4.69, 9.17) is 32.7 Å². The smallest absolute Gasteiger partial charge is 0.178 e. The Bertz CT molecular complexity index is 1190. The van der Waals surface area contributed by atoms with E-state index >= 15 is 4.39 Å². The molecular formula is C26H33Cl2FN2O4S. The summed E-state index contributed by atoms with van der Waals surface area (Å²) in [6.07, 6.45) is 0.942. The standard InChI is InChI=1S/C26H33Cl2FN2O4S/c1-4-34-10-9-31-8-7-17(15-31)16-36(32,33)19-5-6-25(23(29)13-19)35-26-21-11-18(27)12-22(28)20(21)14-24(26)30(2)3/h5-6,11-13,17,24,26H,4,7-10,14-16H2,1-3H3/t17-,24+,26+/m1/s1. The highest BCUT2D eigenvalue weighted by Gasteiger charge is 2.38. The van der Waals surface area contributed by atoms with Crippen molar-refractivity contribution in [3.63, 3.8) is 0 Å². The molecule has 1 aliphatic heterocycles. The Morgan fingerprint density at radius 2 is 1.97 bits per heavy atom. The second kappa shape index (κ2) is 11.5. The summed E-state index contributed by atoms with van der Waals surface area (Å²) < 4.78 is 52.8. The quantitative estimate of drug-likeness (QED) is 0.388. The number of sulfone groups is 1. The lowest BCUT2D eigenvalue weighted by Gasteiger charge is -2.27. The molecule has 2 aromatic carbocycles. The van der Waals surface area contributed by atoms with Gasteiger partial charge in [0.15, 0.2) is 21.4 Å². The third-order valence-electron chi connectivity index (χ3n) is 7.02. The zero-order valence-electron chi connectivity index (χ0n) is 20.8. The minimum absolute atomic E-state index is 0.00212. The van der Waals surface area contributed by atoms with E-state index in [0.717, 1.165) is 36.7 Å². The van der Waals surface area contributed by atoms with Crippen LogP contribution in [0.5, 0.6) is 5.75 Å². The summed E-state index contributed by atoms with van der Waals surface area (Å²) in [5.74, 6) is -0.702. The molecule has 198 valence electrons. The van der Waals surface area contributed by atoms with Gasteiger partial charge in [-0.15, -0.1) is 0 Å². The third-order valence-corrected chi connectivity index (χ3v) is 9.46. The topological polar surface area (TPSA) is 59.1 Å². The average Bonchev–Trinajstić information content (AvgIpc) is 3.39. The number of ether oxygens (including phenoxy) is 2. The molecule has 2 aromatic rings. The van der Waals surface area contributed by atoms with Gasteiger partial charge >= 0.3 is 0 Å². The highest BCUT2D eigenvalue weighted by molar-refractivity contribution is 7.91. The van der Waals surface area contributed by atoms with Crippen LogP contribution in [-0.2, 0) is 21.0 Å². The molecule has 1 aliphatic carbocycles. The lowest BCUT2D eigenvalue weighted by atomic mass is 10.1. The summed E-state index contributed by atoms with van der Waals surface area (Å²) in [5, 5.41) is 1.04. The number of fused-ring (bicyclic) bond motifs is 1. The zero-order chi connectivity index (χ0) is 26.0. The zero-order valence-corrected chi connectivity index (χ0v) is 23.2. The van der Waals surface area contributed by atoms with Gasteiger partial charge in [0.05, 0.1) is 23.3 Å². The number of halogens is 3. The summed E-state index contributed by atoms with van der Waals surface area (Å²) in [5.41, 5.74) is 1.74. The van der Waals surface area contributed by atoms with Gasteiger partial charge in [0.2, 0.25) is 0 Å². The van der Waals surface area contributed by atoms with Crippen molar-refractivity contribution in [1.29, 1.82) is 0 Å². The Morgan fingerprint density at radius 3 is 2.67 bits per heavy atom. The summed E-state index contributed by atoms with van der Waals surface area (Å²) in [7, 11) is 0.213. The van der Waals surface area contributed by atoms with Crippen molar-refractivity contribution < 1.29 is 22.3 Å². The minimum Gasteiger partial charge on any atom is -0.481 e. The van der Waals surface area contributed by atoms with Crippen molar-refractivity contribution in [2.24, 2.45) is 5.92 Å². The molecule has 1 saturated heterocycles. The summed E-state index contributed by atoms with van der Waals surface area (Å²) in [6, 6.07) is 7.32. The monoisotopic (exact) mass is 558 g/mol. The number of benzene rings is 2. The van der Waals surface area contributed by atoms with Crippen LogP contribution < -0.4 is 4.74 Å². The van der Waals surface area contributed by atoms with Crippen LogP contribution in [0.3, 0.4) is 0 Å². The number of hydrogen-bond donors (Lipinski definition) is 0. The fourth-order valence-electron chi connectivity index (χ4n) is 5.12. The summed E-state index contributed by atoms with van der Waals surface area (Å²) >= 11 is 12.7. The molecule has 0 aromatic heterocycles. The van der Waals surface area contributed by atoms with Crippen molar-refractivity contribution in [2.45, 2.75) is 36.8 Å². The van der Waals surface area contributed by atoms with Gasteiger partial charge in [-0.2, -0.15) is 0 Å². The normalized spacial score (nSPS) is 22.4. The highest BCUT2D eigenvalue weighted by Crippen LogP contribution is 2.42. The summed E-state index contributed by atoms with van der Waals surface area (Å²) in [6.45, 7) is 5.60. The van der Waals surface area contributed by atoms with Crippen LogP contribution in [0, 0.1) is 11.7 Å². The van der Waals surface area contributed by atoms with Gasteiger partial charge in [0, 0.05) is 35.3 Å². The van der Waals surface area contributed by atoms with Crippen LogP contribution in [0.1, 0.15) is 30.6 Å². The Hall–Kier alpha value is -1.42. The SMILES string of the molecule is CCOCCN1CC[C@@H](CS(=O)(=O)c2ccc(O[C@H]3c4cc(Cl)cc(Cl)c4C[C@@H]3N(C)C)c(F)c2)C1. The van der Waals surface area contributed by atoms with Crippen molar-refractivity contribution in [3.05, 3.63) is 57.3 Å². The summed E-state index contributed by atoms with van der Waals surface area (Å²) in [4.78, 5) is 4.19. The fourth-order valence-corrected chi connectivity index (χ4v) is 7.35. The van der Waals surface area contributed by atoms with Gasteiger partial charge in [0.1, 0.15) is 6.10 Å². The molecule has 3 atom stereocenters. The molecule has 10 heteroatoms. The molecule has 0 N–H and O–H groups in total. The van der Waals surface area contributed by atoms with Crippen LogP contribution in [0.15, 0.2) is 35.2 Å². The number of likely N-dealkylation sites (tertiary alicyclic amines) is 1. The highest BCUT2D eigenvalue weighted by atomic mass is 35.5. The number of nitrogens with zero attached hydrogens (tertiary/aromatic N) is 2. The molecule has 2 aliphatic rings. The van der Waals surface area contributed by atoms with Gasteiger partial charge in [-0.1, -0.05) is 23.2 Å². The largest absolute Gasteiger partial charge is 0.481 e. The fraction of sp³-hybridized carbons (Fsp3) is 0.538. The Labute approximate surface area is 223 Å². The van der Waals surface area contributed by atoms with E-state index < -0.39 is 21.8 Å². The molecule has 0 amide bonds. The first-order valence-electron chi connectivity index (χ1n) is 12.2. The predicted octanol–water partition coefficient (Wildman–Crippen LogP) is 4.87. The molecule has 0 bridgehead atoms. The second-order valence-corrected chi connectivity index (χ2v) is 12.6. The van der Waals surface area contributed by atoms with Crippen LogP contribution in [0.4, 0.5) is 4.39 Å². The molecular weight excluding hydrogens is 526 g/mol. The van der Waals surface area contributed by atoms with Crippen molar-refractivity contribution in [3.8, 4) is 5.75 Å². The maximum atomic E-state index is 15.2. The van der Waals surface area contributed by atoms with Crippen molar-refractivity contribution in [1.82, 2.24) is 9.80 Å². The minimum atomic E-state index is -3.64. The first kappa shape index (κ1) is 27.6. The van der Waals surface area contributed by atoms with E-state index in [9.17, 15) is 8.42 Å². The molecule has 4 rings (SSSR count). The number of hydrogen-bond acceptors (Lipinski definition) is 6. The van der Waals surface area contributed by atoms with Gasteiger partial charge < -0.3 is 19.3 Å². The average molecular weight is 560 g/mol. The molecule has 36 heavy (non-hydrogen) atoms. The lowest BCUT2D eigenvalue weighted by molar-refractivity contribution is 0.107. The van der Waals surface area contributed by atoms with Crippen LogP contribution in [0.2, 0.25) is 10.0 Å². The van der Waals surface area contributed by atoms with E-state index in [2.05, 4.69) is 4.90 Å². The number of rotatable bonds is 10. The van der Waals surface area contributed by atoms with E-state index in [1.54, 1.807) is 12.1 Å². The first-order chi connectivity index (χ1) is 17.1. The molecule has 1 fully saturated rings. The number of likely N-dealkylation sites (N-methyl/N-ethyl adjacent to an activating group) is 1. The first-order valence-corrected chi connectivity index (χ1v) is 14.6. The maximum Gasteiger partial charge on any atom is 0.178 e. The van der Waals surface area contributed by atoms with E-state index in [-0.39, 0.29) is 28.4 Å². The maximum absolute atomic E-state index is 15.2. The van der Waals surface area contributed by atoms with Crippen molar-refractivity contribution in [2.75, 3.05) is 52.7 Å². The molecule has 0 radical (unpaired) electrons. The molecule has 0 spiro atoms. The molecule has 0 unspecified atom stereocenters. The lowest BCUT2D eigenvalue weighted by Crippen LogP contribution is -2.34. The van der Waals surface area contributed by atoms with Crippen molar-refractivity contribution >= 4 is 33.0 Å². The van der Waals surface area contributed by atoms with Crippen LogP contribution in [0.25, 0.3) is 0 Å². The van der Waals surface area contributed by atoms with Gasteiger partial charge in [-0.25, -0.2) is 12.8 Å². The van der Waals surface area contributed by atoms with Crippen LogP contribution >= 0.6 is 23.2 Å². The molecule has 0 saturated carbocycles. The van der Waals surface area contributed by atoms with Crippen LogP contribution in [-0.4, -0.2) is 77.0 Å². The van der Waals surface area contributed by atoms with Gasteiger partial charge in [-0.3, -0.25) is 0 Å². The second-order valence-electron chi connectivity index (χ2n) is 9.75. The Balaban J connectivity index is 1.48. The van der Waals surface area contributed by atoms with E-state index in [1.807, 2.05) is 25.9 Å².